The topological polar surface area (TPSA) is 104 Å². The Kier molecular flexibility index (Phi) is 6.02. The fraction of sp³-hybridized carbons (Fsp3) is 0.350. The molecular weight excluding hydrogens is 382 g/mol. The lowest BCUT2D eigenvalue weighted by molar-refractivity contribution is -0.146. The van der Waals surface area contributed by atoms with E-state index in [-0.39, 0.29) is 37.2 Å². The molecule has 1 unspecified atom stereocenters. The highest BCUT2D eigenvalue weighted by molar-refractivity contribution is 7.89. The van der Waals surface area contributed by atoms with Crippen molar-refractivity contribution in [3.8, 4) is 5.75 Å². The lowest BCUT2D eigenvalue weighted by Gasteiger charge is -2.41. The second-order valence-electron chi connectivity index (χ2n) is 6.84. The van der Waals surface area contributed by atoms with Gasteiger partial charge in [0.1, 0.15) is 17.5 Å². The molecule has 2 aromatic carbocycles. The van der Waals surface area contributed by atoms with Gasteiger partial charge in [-0.05, 0) is 37.1 Å². The van der Waals surface area contributed by atoms with Gasteiger partial charge in [0, 0.05) is 13.1 Å². The average molecular weight is 405 g/mol. The number of ether oxygens (including phenoxy) is 1. The summed E-state index contributed by atoms with van der Waals surface area (Å²) in [6.45, 7) is 0.171. The van der Waals surface area contributed by atoms with Crippen LogP contribution >= 0.6 is 0 Å². The molecule has 0 aliphatic carbocycles. The van der Waals surface area contributed by atoms with Gasteiger partial charge in [0.05, 0.1) is 11.3 Å². The van der Waals surface area contributed by atoms with Gasteiger partial charge in [0.15, 0.2) is 0 Å². The summed E-state index contributed by atoms with van der Waals surface area (Å²) in [4.78, 5) is 11.5. The van der Waals surface area contributed by atoms with Gasteiger partial charge < -0.3 is 14.9 Å². The molecule has 0 amide bonds. The van der Waals surface area contributed by atoms with E-state index in [0.717, 1.165) is 0 Å². The summed E-state index contributed by atoms with van der Waals surface area (Å²) in [6, 6.07) is 16.8. The third-order valence-corrected chi connectivity index (χ3v) is 6.86. The quantitative estimate of drug-likeness (QED) is 0.731. The molecule has 0 aromatic heterocycles. The highest BCUT2D eigenvalue weighted by atomic mass is 32.2. The number of para-hydroxylation sites is 1. The third kappa shape index (κ3) is 4.52. The number of aliphatic hydroxyl groups is 1. The van der Waals surface area contributed by atoms with Crippen molar-refractivity contribution in [1.82, 2.24) is 4.31 Å². The number of hydrogen-bond donors (Lipinski definition) is 2. The van der Waals surface area contributed by atoms with Crippen LogP contribution in [0.1, 0.15) is 19.3 Å². The van der Waals surface area contributed by atoms with Crippen molar-refractivity contribution in [2.24, 2.45) is 0 Å². The minimum Gasteiger partial charge on any atom is -0.487 e. The van der Waals surface area contributed by atoms with E-state index in [0.29, 0.717) is 5.75 Å². The van der Waals surface area contributed by atoms with E-state index in [4.69, 9.17) is 4.74 Å². The van der Waals surface area contributed by atoms with Crippen LogP contribution in [0.25, 0.3) is 0 Å². The Labute approximate surface area is 164 Å². The Morgan fingerprint density at radius 3 is 2.11 bits per heavy atom. The zero-order valence-electron chi connectivity index (χ0n) is 15.3. The molecule has 1 aliphatic rings. The Morgan fingerprint density at radius 1 is 1.04 bits per heavy atom. The van der Waals surface area contributed by atoms with Crippen LogP contribution in [0.4, 0.5) is 0 Å². The molecule has 0 saturated carbocycles. The zero-order chi connectivity index (χ0) is 20.2. The Morgan fingerprint density at radius 2 is 1.57 bits per heavy atom. The second kappa shape index (κ2) is 8.30. The number of carbonyl (C=O) groups is 1. The monoisotopic (exact) mass is 405 g/mol. The van der Waals surface area contributed by atoms with Gasteiger partial charge in [-0.15, -0.1) is 0 Å². The number of carboxylic acid groups (broad SMARTS) is 1. The molecule has 0 radical (unpaired) electrons. The van der Waals surface area contributed by atoms with E-state index in [2.05, 4.69) is 0 Å². The molecule has 3 rings (SSSR count). The van der Waals surface area contributed by atoms with E-state index >= 15 is 0 Å². The Bertz CT molecular complexity index is 893. The highest BCUT2D eigenvalue weighted by Crippen LogP contribution is 2.32. The van der Waals surface area contributed by atoms with Gasteiger partial charge in [-0.2, -0.15) is 4.31 Å². The van der Waals surface area contributed by atoms with Crippen molar-refractivity contribution >= 4 is 16.0 Å². The number of piperidine rings is 1. The SMILES string of the molecule is O=C(O)CC(Oc1ccccc1)C1(O)CCN(S(=O)(=O)c2ccccc2)CC1. The van der Waals surface area contributed by atoms with Crippen LogP contribution in [0.15, 0.2) is 65.6 Å². The number of aliphatic carboxylic acids is 1. The van der Waals surface area contributed by atoms with Crippen molar-refractivity contribution in [2.45, 2.75) is 35.9 Å². The summed E-state index contributed by atoms with van der Waals surface area (Å²) in [7, 11) is -3.65. The average Bonchev–Trinajstić information content (AvgIpc) is 2.69. The maximum absolute atomic E-state index is 12.8. The fourth-order valence-electron chi connectivity index (χ4n) is 3.34. The largest absolute Gasteiger partial charge is 0.487 e. The number of rotatable bonds is 7. The molecule has 1 aliphatic heterocycles. The summed E-state index contributed by atoms with van der Waals surface area (Å²) in [5.74, 6) is -0.629. The van der Waals surface area contributed by atoms with Gasteiger partial charge >= 0.3 is 5.97 Å². The lowest BCUT2D eigenvalue weighted by Crippen LogP contribution is -2.55. The smallest absolute Gasteiger partial charge is 0.307 e. The summed E-state index contributed by atoms with van der Waals surface area (Å²) < 4.78 is 32.6. The van der Waals surface area contributed by atoms with Crippen LogP contribution < -0.4 is 4.74 Å². The lowest BCUT2D eigenvalue weighted by atomic mass is 9.85. The van der Waals surface area contributed by atoms with Crippen molar-refractivity contribution < 1.29 is 28.2 Å². The normalized spacial score (nSPS) is 18.3. The summed E-state index contributed by atoms with van der Waals surface area (Å²) in [6.07, 6.45) is -1.18. The molecule has 7 nitrogen and oxygen atoms in total. The van der Waals surface area contributed by atoms with Crippen LogP contribution in [0.3, 0.4) is 0 Å². The third-order valence-electron chi connectivity index (χ3n) is 4.95. The summed E-state index contributed by atoms with van der Waals surface area (Å²) in [5.41, 5.74) is -1.43. The first-order valence-electron chi connectivity index (χ1n) is 9.02. The number of benzene rings is 2. The fourth-order valence-corrected chi connectivity index (χ4v) is 4.80. The van der Waals surface area contributed by atoms with Crippen LogP contribution in [-0.2, 0) is 14.8 Å². The molecule has 150 valence electrons. The van der Waals surface area contributed by atoms with Gasteiger partial charge in [-0.25, -0.2) is 8.42 Å². The maximum Gasteiger partial charge on any atom is 0.307 e. The molecular formula is C20H23NO6S. The first-order chi connectivity index (χ1) is 13.3. The molecule has 1 fully saturated rings. The van der Waals surface area contributed by atoms with Crippen molar-refractivity contribution in [1.29, 1.82) is 0 Å². The minimum absolute atomic E-state index is 0.0853. The summed E-state index contributed by atoms with van der Waals surface area (Å²) >= 11 is 0. The highest BCUT2D eigenvalue weighted by Gasteiger charge is 2.44. The second-order valence-corrected chi connectivity index (χ2v) is 8.78. The standard InChI is InChI=1S/C20H23NO6S/c22-19(23)15-18(27-16-7-3-1-4-8-16)20(24)11-13-21(14-12-20)28(25,26)17-9-5-2-6-10-17/h1-10,18,24H,11-15H2,(H,22,23). The first-order valence-corrected chi connectivity index (χ1v) is 10.5. The number of nitrogens with zero attached hydrogens (tertiary/aromatic N) is 1. The molecule has 1 heterocycles. The van der Waals surface area contributed by atoms with Gasteiger partial charge in [0.2, 0.25) is 10.0 Å². The van der Waals surface area contributed by atoms with Crippen LogP contribution in [-0.4, -0.2) is 53.7 Å². The molecule has 1 saturated heterocycles. The predicted molar refractivity (Wildman–Crippen MR) is 102 cm³/mol. The van der Waals surface area contributed by atoms with E-state index in [1.807, 2.05) is 0 Å². The minimum atomic E-state index is -3.65. The molecule has 0 spiro atoms. The van der Waals surface area contributed by atoms with Gasteiger partial charge in [-0.1, -0.05) is 36.4 Å². The van der Waals surface area contributed by atoms with E-state index in [1.165, 1.54) is 16.4 Å². The zero-order valence-corrected chi connectivity index (χ0v) is 16.1. The molecule has 28 heavy (non-hydrogen) atoms. The van der Waals surface area contributed by atoms with E-state index in [9.17, 15) is 23.4 Å². The van der Waals surface area contributed by atoms with E-state index in [1.54, 1.807) is 48.5 Å². The Hall–Kier alpha value is -2.42. The van der Waals surface area contributed by atoms with Crippen molar-refractivity contribution in [3.63, 3.8) is 0 Å². The molecule has 8 heteroatoms. The molecule has 2 N–H and O–H groups in total. The molecule has 0 bridgehead atoms. The van der Waals surface area contributed by atoms with Gasteiger partial charge in [-0.3, -0.25) is 4.79 Å². The predicted octanol–water partition coefficient (Wildman–Crippen LogP) is 2.12. The van der Waals surface area contributed by atoms with Crippen LogP contribution in [0.2, 0.25) is 0 Å². The number of sulfonamides is 1. The summed E-state index contributed by atoms with van der Waals surface area (Å²) in [5, 5.41) is 20.3. The van der Waals surface area contributed by atoms with Crippen molar-refractivity contribution in [2.75, 3.05) is 13.1 Å². The van der Waals surface area contributed by atoms with Crippen LogP contribution in [0.5, 0.6) is 5.75 Å². The first kappa shape index (κ1) is 20.3. The number of carboxylic acids is 1. The van der Waals surface area contributed by atoms with Crippen molar-refractivity contribution in [3.05, 3.63) is 60.7 Å². The molecule has 2 aromatic rings. The Balaban J connectivity index is 1.74. The molecule has 1 atom stereocenters. The van der Waals surface area contributed by atoms with Crippen LogP contribution in [0, 0.1) is 0 Å². The van der Waals surface area contributed by atoms with E-state index < -0.39 is 27.7 Å². The van der Waals surface area contributed by atoms with Gasteiger partial charge in [0.25, 0.3) is 0 Å². The number of hydrogen-bond acceptors (Lipinski definition) is 5. The maximum atomic E-state index is 12.8.